The largest absolute Gasteiger partial charge is 0.443 e. The Labute approximate surface area is 175 Å². The molecule has 6 heteroatoms. The van der Waals surface area contributed by atoms with Gasteiger partial charge in [0, 0.05) is 17.8 Å². The Morgan fingerprint density at radius 3 is 2.50 bits per heavy atom. The van der Waals surface area contributed by atoms with E-state index >= 15 is 0 Å². The Hall–Kier alpha value is -3.15. The van der Waals surface area contributed by atoms with Gasteiger partial charge in [0.1, 0.15) is 11.4 Å². The predicted octanol–water partition coefficient (Wildman–Crippen LogP) is 4.63. The van der Waals surface area contributed by atoms with E-state index in [-0.39, 0.29) is 24.3 Å². The van der Waals surface area contributed by atoms with Crippen molar-refractivity contribution in [3.05, 3.63) is 77.1 Å². The summed E-state index contributed by atoms with van der Waals surface area (Å²) in [6, 6.07) is 14.0. The van der Waals surface area contributed by atoms with Gasteiger partial charge in [-0.1, -0.05) is 30.3 Å². The van der Waals surface area contributed by atoms with Crippen LogP contribution in [0, 0.1) is 5.82 Å². The maximum atomic E-state index is 13.5. The predicted molar refractivity (Wildman–Crippen MR) is 113 cm³/mol. The van der Waals surface area contributed by atoms with Gasteiger partial charge in [-0.2, -0.15) is 0 Å². The Balaban J connectivity index is 1.69. The van der Waals surface area contributed by atoms with Crippen LogP contribution in [0.1, 0.15) is 37.9 Å². The van der Waals surface area contributed by atoms with E-state index in [9.17, 15) is 14.0 Å². The maximum Gasteiger partial charge on any atom is 0.417 e. The molecule has 0 aromatic heterocycles. The summed E-state index contributed by atoms with van der Waals surface area (Å²) in [4.78, 5) is 29.0. The average Bonchev–Trinajstić information content (AvgIpc) is 3.07. The molecular weight excluding hydrogens is 383 g/mol. The van der Waals surface area contributed by atoms with Crippen LogP contribution in [0.3, 0.4) is 0 Å². The molecule has 2 aliphatic rings. The summed E-state index contributed by atoms with van der Waals surface area (Å²) in [5.41, 5.74) is 2.89. The first-order valence-corrected chi connectivity index (χ1v) is 10.1. The number of hydrogen-bond acceptors (Lipinski definition) is 4. The van der Waals surface area contributed by atoms with Gasteiger partial charge in [-0.05, 0) is 62.6 Å². The number of carbonyl (C=O) groups is 2. The summed E-state index contributed by atoms with van der Waals surface area (Å²) in [6.45, 7) is 6.18. The zero-order chi connectivity index (χ0) is 21.5. The molecule has 0 fully saturated rings. The van der Waals surface area contributed by atoms with Gasteiger partial charge in [0.15, 0.2) is 0 Å². The highest BCUT2D eigenvalue weighted by Crippen LogP contribution is 2.40. The highest BCUT2D eigenvalue weighted by atomic mass is 19.1. The number of halogens is 1. The van der Waals surface area contributed by atoms with Crippen molar-refractivity contribution in [3.63, 3.8) is 0 Å². The zero-order valence-electron chi connectivity index (χ0n) is 17.4. The molecular formula is C24H25FN2O3. The molecule has 2 heterocycles. The number of anilines is 1. The number of amides is 2. The summed E-state index contributed by atoms with van der Waals surface area (Å²) < 4.78 is 18.9. The lowest BCUT2D eigenvalue weighted by molar-refractivity contribution is -0.125. The fourth-order valence-corrected chi connectivity index (χ4v) is 4.03. The number of benzene rings is 2. The van der Waals surface area contributed by atoms with Crippen molar-refractivity contribution in [2.45, 2.75) is 38.8 Å². The molecule has 0 aliphatic carbocycles. The molecule has 5 nitrogen and oxygen atoms in total. The van der Waals surface area contributed by atoms with Crippen LogP contribution < -0.4 is 4.90 Å². The molecule has 0 radical (unpaired) electrons. The van der Waals surface area contributed by atoms with E-state index < -0.39 is 11.7 Å². The van der Waals surface area contributed by atoms with Crippen LogP contribution in [0.4, 0.5) is 14.9 Å². The molecule has 156 valence electrons. The van der Waals surface area contributed by atoms with Crippen LogP contribution in [0.15, 0.2) is 60.2 Å². The second kappa shape index (κ2) is 7.59. The highest BCUT2D eigenvalue weighted by molar-refractivity contribution is 6.06. The highest BCUT2D eigenvalue weighted by Gasteiger charge is 2.40. The van der Waals surface area contributed by atoms with E-state index in [4.69, 9.17) is 4.74 Å². The molecule has 2 aromatic carbocycles. The van der Waals surface area contributed by atoms with Gasteiger partial charge in [-0.3, -0.25) is 4.79 Å². The van der Waals surface area contributed by atoms with Crippen LogP contribution in [-0.2, 0) is 16.0 Å². The lowest BCUT2D eigenvalue weighted by Gasteiger charge is -2.39. The SMILES string of the molecule is CC(C)(C)OC(=O)N1CC=C([C@@H]2c3ccccc3CCN2c2ccc(F)cc2)C1=O. The topological polar surface area (TPSA) is 49.9 Å². The molecule has 2 amide bonds. The summed E-state index contributed by atoms with van der Waals surface area (Å²) in [7, 11) is 0. The standard InChI is InChI=1S/C24H25FN2O3/c1-24(2,3)30-23(29)27-15-13-20(22(27)28)21-19-7-5-4-6-16(19)12-14-26(21)18-10-8-17(25)9-11-18/h4-11,13,21H,12,14-15H2,1-3H3/t21-/m0/s1. The van der Waals surface area contributed by atoms with Crippen molar-refractivity contribution in [1.82, 2.24) is 4.90 Å². The third kappa shape index (κ3) is 3.82. The Morgan fingerprint density at radius 2 is 1.80 bits per heavy atom. The normalized spacial score (nSPS) is 18.9. The monoisotopic (exact) mass is 408 g/mol. The molecule has 2 aliphatic heterocycles. The minimum atomic E-state index is -0.683. The van der Waals surface area contributed by atoms with Crippen LogP contribution in [-0.4, -0.2) is 35.6 Å². The average molecular weight is 408 g/mol. The molecule has 0 unspecified atom stereocenters. The van der Waals surface area contributed by atoms with Gasteiger partial charge in [0.05, 0.1) is 12.6 Å². The molecule has 30 heavy (non-hydrogen) atoms. The number of rotatable bonds is 2. The fraction of sp³-hybridized carbons (Fsp3) is 0.333. The number of carbonyl (C=O) groups excluding carboxylic acids is 2. The van der Waals surface area contributed by atoms with Crippen molar-refractivity contribution in [2.75, 3.05) is 18.0 Å². The van der Waals surface area contributed by atoms with Gasteiger partial charge >= 0.3 is 6.09 Å². The van der Waals surface area contributed by atoms with Gasteiger partial charge in [-0.15, -0.1) is 0 Å². The summed E-state index contributed by atoms with van der Waals surface area (Å²) in [5, 5.41) is 0. The van der Waals surface area contributed by atoms with E-state index in [0.717, 1.165) is 22.6 Å². The Kier molecular flexibility index (Phi) is 5.10. The molecule has 0 spiro atoms. The van der Waals surface area contributed by atoms with E-state index in [1.807, 2.05) is 18.2 Å². The zero-order valence-corrected chi connectivity index (χ0v) is 17.4. The number of ether oxygens (including phenoxy) is 1. The van der Waals surface area contributed by atoms with Crippen molar-refractivity contribution in [1.29, 1.82) is 0 Å². The molecule has 0 saturated heterocycles. The first kappa shape index (κ1) is 20.1. The second-order valence-corrected chi connectivity index (χ2v) is 8.58. The van der Waals surface area contributed by atoms with Crippen molar-refractivity contribution in [3.8, 4) is 0 Å². The first-order valence-electron chi connectivity index (χ1n) is 10.1. The lowest BCUT2D eigenvalue weighted by Crippen LogP contribution is -2.42. The van der Waals surface area contributed by atoms with Crippen LogP contribution in [0.5, 0.6) is 0 Å². The minimum Gasteiger partial charge on any atom is -0.443 e. The molecule has 0 bridgehead atoms. The third-order valence-electron chi connectivity index (χ3n) is 5.34. The van der Waals surface area contributed by atoms with E-state index in [2.05, 4.69) is 11.0 Å². The number of hydrogen-bond donors (Lipinski definition) is 0. The van der Waals surface area contributed by atoms with E-state index in [1.54, 1.807) is 39.0 Å². The van der Waals surface area contributed by atoms with Crippen molar-refractivity contribution >= 4 is 17.7 Å². The Morgan fingerprint density at radius 1 is 1.10 bits per heavy atom. The van der Waals surface area contributed by atoms with Crippen LogP contribution in [0.25, 0.3) is 0 Å². The smallest absolute Gasteiger partial charge is 0.417 e. The second-order valence-electron chi connectivity index (χ2n) is 8.58. The molecule has 0 N–H and O–H groups in total. The number of fused-ring (bicyclic) bond motifs is 1. The van der Waals surface area contributed by atoms with E-state index in [0.29, 0.717) is 12.1 Å². The lowest BCUT2D eigenvalue weighted by atomic mass is 9.87. The summed E-state index contributed by atoms with van der Waals surface area (Å²) >= 11 is 0. The fourth-order valence-electron chi connectivity index (χ4n) is 4.03. The summed E-state index contributed by atoms with van der Waals surface area (Å²) in [5.74, 6) is -0.655. The van der Waals surface area contributed by atoms with Crippen molar-refractivity contribution in [2.24, 2.45) is 0 Å². The maximum absolute atomic E-state index is 13.5. The molecule has 0 saturated carbocycles. The number of imide groups is 1. The van der Waals surface area contributed by atoms with Gasteiger partial charge < -0.3 is 9.64 Å². The molecule has 4 rings (SSSR count). The first-order chi connectivity index (χ1) is 14.2. The van der Waals surface area contributed by atoms with Gasteiger partial charge in [-0.25, -0.2) is 14.1 Å². The minimum absolute atomic E-state index is 0.180. The van der Waals surface area contributed by atoms with E-state index in [1.165, 1.54) is 17.7 Å². The quantitative estimate of drug-likeness (QED) is 0.727. The van der Waals surface area contributed by atoms with Crippen LogP contribution in [0.2, 0.25) is 0 Å². The molecule has 2 aromatic rings. The molecule has 1 atom stereocenters. The Bertz CT molecular complexity index is 1010. The van der Waals surface area contributed by atoms with Gasteiger partial charge in [0.2, 0.25) is 0 Å². The van der Waals surface area contributed by atoms with Crippen LogP contribution >= 0.6 is 0 Å². The van der Waals surface area contributed by atoms with Crippen molar-refractivity contribution < 1.29 is 18.7 Å². The van der Waals surface area contributed by atoms with Gasteiger partial charge in [0.25, 0.3) is 5.91 Å². The summed E-state index contributed by atoms with van der Waals surface area (Å²) in [6.07, 6.45) is 1.98. The third-order valence-corrected chi connectivity index (χ3v) is 5.34. The number of nitrogens with zero attached hydrogens (tertiary/aromatic N) is 2.